The normalized spacial score (nSPS) is 17.9. The van der Waals surface area contributed by atoms with Crippen molar-refractivity contribution in [2.75, 3.05) is 0 Å². The highest BCUT2D eigenvalue weighted by Gasteiger charge is 2.30. The molecule has 102 valence electrons. The first-order valence-electron chi connectivity index (χ1n) is 6.49. The van der Waals surface area contributed by atoms with E-state index in [0.717, 1.165) is 22.4 Å². The van der Waals surface area contributed by atoms with Crippen molar-refractivity contribution in [2.24, 2.45) is 0 Å². The molecule has 0 amide bonds. The predicted molar refractivity (Wildman–Crippen MR) is 80.8 cm³/mol. The molecule has 2 nitrogen and oxygen atoms in total. The Bertz CT molecular complexity index is 677. The molecule has 1 aliphatic rings. The molecule has 1 aromatic carbocycles. The van der Waals surface area contributed by atoms with Gasteiger partial charge in [-0.15, -0.1) is 0 Å². The van der Waals surface area contributed by atoms with E-state index in [-0.39, 0.29) is 11.7 Å². The minimum atomic E-state index is 0.00509. The smallest absolute Gasteiger partial charge is 0.165 e. The van der Waals surface area contributed by atoms with Crippen molar-refractivity contribution < 1.29 is 4.79 Å². The van der Waals surface area contributed by atoms with Crippen molar-refractivity contribution >= 4 is 29.0 Å². The molecule has 1 heterocycles. The molecule has 0 unspecified atom stereocenters. The molecule has 0 saturated carbocycles. The van der Waals surface area contributed by atoms with Crippen LogP contribution >= 0.6 is 23.2 Å². The Kier molecular flexibility index (Phi) is 3.53. The van der Waals surface area contributed by atoms with Gasteiger partial charge in [-0.1, -0.05) is 29.3 Å². The third kappa shape index (κ3) is 2.23. The van der Waals surface area contributed by atoms with Crippen LogP contribution in [0.3, 0.4) is 0 Å². The van der Waals surface area contributed by atoms with E-state index in [4.69, 9.17) is 23.2 Å². The number of pyridine rings is 1. The summed E-state index contributed by atoms with van der Waals surface area (Å²) in [6.45, 7) is 1.95. The number of fused-ring (bicyclic) bond motifs is 1. The van der Waals surface area contributed by atoms with Gasteiger partial charge in [0, 0.05) is 28.2 Å². The summed E-state index contributed by atoms with van der Waals surface area (Å²) in [7, 11) is 0. The summed E-state index contributed by atoms with van der Waals surface area (Å²) in [6.07, 6.45) is 2.88. The van der Waals surface area contributed by atoms with Crippen molar-refractivity contribution in [3.05, 3.63) is 62.9 Å². The van der Waals surface area contributed by atoms with Crippen LogP contribution in [0.2, 0.25) is 10.0 Å². The highest BCUT2D eigenvalue weighted by Crippen LogP contribution is 2.39. The number of aromatic nitrogens is 1. The maximum Gasteiger partial charge on any atom is 0.165 e. The average molecular weight is 306 g/mol. The number of ketones is 1. The third-order valence-corrected chi connectivity index (χ3v) is 4.46. The fraction of sp³-hybridized carbons (Fsp3) is 0.250. The molecule has 0 spiro atoms. The van der Waals surface area contributed by atoms with Gasteiger partial charge in [-0.2, -0.15) is 0 Å². The lowest BCUT2D eigenvalue weighted by Gasteiger charge is -2.25. The Morgan fingerprint density at radius 2 is 1.85 bits per heavy atom. The van der Waals surface area contributed by atoms with Crippen LogP contribution < -0.4 is 0 Å². The van der Waals surface area contributed by atoms with Gasteiger partial charge in [0.05, 0.1) is 5.69 Å². The number of aryl methyl sites for hydroxylation is 1. The van der Waals surface area contributed by atoms with Gasteiger partial charge >= 0.3 is 0 Å². The number of carbonyl (C=O) groups is 1. The maximum atomic E-state index is 12.4. The molecular weight excluding hydrogens is 293 g/mol. The zero-order chi connectivity index (χ0) is 14.3. The standard InChI is InChI=1S/C16H13Cl2NO/c1-9-5-6-19-13-7-10(8-14(20)15(9)13)16-11(17)3-2-4-12(16)18/h2-6,10H,7-8H2,1H3/t10-/m0/s1. The van der Waals surface area contributed by atoms with Crippen LogP contribution in [-0.2, 0) is 6.42 Å². The fourth-order valence-electron chi connectivity index (χ4n) is 2.89. The summed E-state index contributed by atoms with van der Waals surface area (Å²) in [5.41, 5.74) is 3.47. The molecule has 0 saturated heterocycles. The molecule has 20 heavy (non-hydrogen) atoms. The van der Waals surface area contributed by atoms with E-state index >= 15 is 0 Å². The topological polar surface area (TPSA) is 30.0 Å². The number of benzene rings is 1. The van der Waals surface area contributed by atoms with Gasteiger partial charge in [0.25, 0.3) is 0 Å². The Labute approximate surface area is 127 Å². The molecule has 0 N–H and O–H groups in total. The monoisotopic (exact) mass is 305 g/mol. The predicted octanol–water partition coefficient (Wildman–Crippen LogP) is 4.61. The van der Waals surface area contributed by atoms with Gasteiger partial charge in [-0.3, -0.25) is 9.78 Å². The fourth-order valence-corrected chi connectivity index (χ4v) is 3.59. The Morgan fingerprint density at radius 1 is 1.15 bits per heavy atom. The summed E-state index contributed by atoms with van der Waals surface area (Å²) < 4.78 is 0. The van der Waals surface area contributed by atoms with E-state index in [1.165, 1.54) is 0 Å². The summed E-state index contributed by atoms with van der Waals surface area (Å²) in [5, 5.41) is 1.23. The van der Waals surface area contributed by atoms with E-state index in [0.29, 0.717) is 22.9 Å². The molecule has 3 rings (SSSR count). The number of nitrogens with zero attached hydrogens (tertiary/aromatic N) is 1. The van der Waals surface area contributed by atoms with Gasteiger partial charge in [0.2, 0.25) is 0 Å². The lowest BCUT2D eigenvalue weighted by molar-refractivity contribution is 0.0962. The van der Waals surface area contributed by atoms with E-state index in [2.05, 4.69) is 4.98 Å². The number of hydrogen-bond acceptors (Lipinski definition) is 2. The molecule has 2 aromatic rings. The second kappa shape index (κ2) is 5.19. The molecular formula is C16H13Cl2NO. The summed E-state index contributed by atoms with van der Waals surface area (Å²) in [4.78, 5) is 16.7. The molecule has 0 aliphatic heterocycles. The maximum absolute atomic E-state index is 12.4. The second-order valence-corrected chi connectivity index (χ2v) is 5.93. The largest absolute Gasteiger partial charge is 0.294 e. The zero-order valence-corrected chi connectivity index (χ0v) is 12.5. The molecule has 4 heteroatoms. The van der Waals surface area contributed by atoms with Gasteiger partial charge < -0.3 is 0 Å². The summed E-state index contributed by atoms with van der Waals surface area (Å²) >= 11 is 12.5. The minimum Gasteiger partial charge on any atom is -0.294 e. The Balaban J connectivity index is 2.06. The van der Waals surface area contributed by atoms with E-state index in [1.54, 1.807) is 6.20 Å². The number of carbonyl (C=O) groups excluding carboxylic acids is 1. The number of rotatable bonds is 1. The van der Waals surface area contributed by atoms with Crippen molar-refractivity contribution in [1.82, 2.24) is 4.98 Å². The molecule has 1 aromatic heterocycles. The summed E-state index contributed by atoms with van der Waals surface area (Å²) in [5.74, 6) is 0.128. The van der Waals surface area contributed by atoms with Crippen LogP contribution in [-0.4, -0.2) is 10.8 Å². The van der Waals surface area contributed by atoms with Crippen LogP contribution in [0, 0.1) is 6.92 Å². The van der Waals surface area contributed by atoms with Gasteiger partial charge in [-0.05, 0) is 48.6 Å². The minimum absolute atomic E-state index is 0.00509. The van der Waals surface area contributed by atoms with E-state index in [9.17, 15) is 4.79 Å². The molecule has 0 radical (unpaired) electrons. The summed E-state index contributed by atoms with van der Waals surface area (Å²) in [6, 6.07) is 7.31. The van der Waals surface area contributed by atoms with E-state index in [1.807, 2.05) is 31.2 Å². The number of hydrogen-bond donors (Lipinski definition) is 0. The second-order valence-electron chi connectivity index (χ2n) is 5.11. The highest BCUT2D eigenvalue weighted by molar-refractivity contribution is 6.36. The zero-order valence-electron chi connectivity index (χ0n) is 11.0. The third-order valence-electron chi connectivity index (χ3n) is 3.80. The van der Waals surface area contributed by atoms with Crippen molar-refractivity contribution in [1.29, 1.82) is 0 Å². The van der Waals surface area contributed by atoms with Crippen LogP contribution in [0.15, 0.2) is 30.5 Å². The lowest BCUT2D eigenvalue weighted by atomic mass is 9.80. The molecule has 1 aliphatic carbocycles. The Morgan fingerprint density at radius 3 is 2.55 bits per heavy atom. The van der Waals surface area contributed by atoms with Crippen LogP contribution in [0.4, 0.5) is 0 Å². The van der Waals surface area contributed by atoms with Crippen molar-refractivity contribution in [3.8, 4) is 0 Å². The van der Waals surface area contributed by atoms with E-state index < -0.39 is 0 Å². The molecule has 0 bridgehead atoms. The first kappa shape index (κ1) is 13.6. The SMILES string of the molecule is Cc1ccnc2c1C(=O)C[C@@H](c1c(Cl)cccc1Cl)C2. The van der Waals surface area contributed by atoms with Crippen LogP contribution in [0.5, 0.6) is 0 Å². The highest BCUT2D eigenvalue weighted by atomic mass is 35.5. The van der Waals surface area contributed by atoms with Crippen LogP contribution in [0.1, 0.15) is 39.5 Å². The van der Waals surface area contributed by atoms with Crippen molar-refractivity contribution in [2.45, 2.75) is 25.7 Å². The van der Waals surface area contributed by atoms with Crippen LogP contribution in [0.25, 0.3) is 0 Å². The van der Waals surface area contributed by atoms with Crippen molar-refractivity contribution in [3.63, 3.8) is 0 Å². The first-order chi connectivity index (χ1) is 9.58. The Hall–Kier alpha value is -1.38. The number of Topliss-reactive ketones (excluding diaryl/α,β-unsaturated/α-hetero) is 1. The molecule has 0 fully saturated rings. The number of halogens is 2. The first-order valence-corrected chi connectivity index (χ1v) is 7.25. The average Bonchev–Trinajstić information content (AvgIpc) is 2.38. The van der Waals surface area contributed by atoms with Gasteiger partial charge in [-0.25, -0.2) is 0 Å². The van der Waals surface area contributed by atoms with Gasteiger partial charge in [0.15, 0.2) is 5.78 Å². The molecule has 1 atom stereocenters. The van der Waals surface area contributed by atoms with Gasteiger partial charge in [0.1, 0.15) is 0 Å². The quantitative estimate of drug-likeness (QED) is 0.770. The lowest BCUT2D eigenvalue weighted by Crippen LogP contribution is -2.21.